The van der Waals surface area contributed by atoms with Crippen LogP contribution >= 0.6 is 0 Å². The molecule has 0 aliphatic heterocycles. The van der Waals surface area contributed by atoms with Gasteiger partial charge in [-0.25, -0.2) is 4.39 Å². The molecule has 1 amide bonds. The number of hydrogen-bond donors (Lipinski definition) is 1. The fourth-order valence-corrected chi connectivity index (χ4v) is 1.90. The first-order valence-corrected chi connectivity index (χ1v) is 6.85. The van der Waals surface area contributed by atoms with Gasteiger partial charge in [-0.15, -0.1) is 0 Å². The minimum absolute atomic E-state index is 0.0762. The SMILES string of the molecule is CC(CNC(=O)COc1ccc(F)cc1)c1ccccc1. The van der Waals surface area contributed by atoms with Crippen LogP contribution in [0.4, 0.5) is 4.39 Å². The molecule has 0 radical (unpaired) electrons. The summed E-state index contributed by atoms with van der Waals surface area (Å²) in [6.07, 6.45) is 0. The first-order valence-electron chi connectivity index (χ1n) is 6.85. The molecule has 0 saturated heterocycles. The maximum absolute atomic E-state index is 12.7. The van der Waals surface area contributed by atoms with E-state index in [0.717, 1.165) is 0 Å². The molecule has 0 saturated carbocycles. The highest BCUT2D eigenvalue weighted by atomic mass is 19.1. The first-order chi connectivity index (χ1) is 10.1. The second-order valence-corrected chi connectivity index (χ2v) is 4.86. The lowest BCUT2D eigenvalue weighted by molar-refractivity contribution is -0.123. The number of carbonyl (C=O) groups excluding carboxylic acids is 1. The molecule has 0 fully saturated rings. The van der Waals surface area contributed by atoms with Crippen LogP contribution in [-0.2, 0) is 4.79 Å². The third-order valence-electron chi connectivity index (χ3n) is 3.16. The zero-order valence-corrected chi connectivity index (χ0v) is 11.9. The number of benzene rings is 2. The Morgan fingerprint density at radius 2 is 1.81 bits per heavy atom. The van der Waals surface area contributed by atoms with E-state index in [2.05, 4.69) is 12.2 Å². The number of halogens is 1. The Hall–Kier alpha value is -2.36. The molecule has 2 rings (SSSR count). The largest absolute Gasteiger partial charge is 0.484 e. The van der Waals surface area contributed by atoms with Crippen molar-refractivity contribution < 1.29 is 13.9 Å². The zero-order valence-electron chi connectivity index (χ0n) is 11.9. The van der Waals surface area contributed by atoms with Gasteiger partial charge in [0.05, 0.1) is 0 Å². The lowest BCUT2D eigenvalue weighted by atomic mass is 10.0. The highest BCUT2D eigenvalue weighted by Gasteiger charge is 2.08. The highest BCUT2D eigenvalue weighted by Crippen LogP contribution is 2.13. The smallest absolute Gasteiger partial charge is 0.257 e. The van der Waals surface area contributed by atoms with Crippen LogP contribution in [0.1, 0.15) is 18.4 Å². The van der Waals surface area contributed by atoms with Crippen LogP contribution in [0, 0.1) is 5.82 Å². The van der Waals surface area contributed by atoms with Crippen LogP contribution in [0.2, 0.25) is 0 Å². The van der Waals surface area contributed by atoms with Crippen molar-refractivity contribution in [2.75, 3.05) is 13.2 Å². The molecular weight excluding hydrogens is 269 g/mol. The Kier molecular flexibility index (Phi) is 5.32. The van der Waals surface area contributed by atoms with Gasteiger partial charge in [-0.3, -0.25) is 4.79 Å². The van der Waals surface area contributed by atoms with Crippen molar-refractivity contribution in [1.82, 2.24) is 5.32 Å². The van der Waals surface area contributed by atoms with Gasteiger partial charge in [-0.2, -0.15) is 0 Å². The van der Waals surface area contributed by atoms with Gasteiger partial charge < -0.3 is 10.1 Å². The van der Waals surface area contributed by atoms with Crippen molar-refractivity contribution in [3.05, 3.63) is 66.0 Å². The van der Waals surface area contributed by atoms with Crippen molar-refractivity contribution in [3.8, 4) is 5.75 Å². The molecule has 0 bridgehead atoms. The van der Waals surface area contributed by atoms with Gasteiger partial charge in [0.1, 0.15) is 11.6 Å². The van der Waals surface area contributed by atoms with Crippen molar-refractivity contribution >= 4 is 5.91 Å². The maximum atomic E-state index is 12.7. The minimum atomic E-state index is -0.330. The summed E-state index contributed by atoms with van der Waals surface area (Å²) in [7, 11) is 0. The molecule has 0 aromatic heterocycles. The van der Waals surface area contributed by atoms with Crippen LogP contribution in [0.3, 0.4) is 0 Å². The van der Waals surface area contributed by atoms with Gasteiger partial charge in [0.15, 0.2) is 6.61 Å². The maximum Gasteiger partial charge on any atom is 0.257 e. The predicted molar refractivity (Wildman–Crippen MR) is 79.8 cm³/mol. The van der Waals surface area contributed by atoms with Crippen LogP contribution in [0.25, 0.3) is 0 Å². The minimum Gasteiger partial charge on any atom is -0.484 e. The van der Waals surface area contributed by atoms with Gasteiger partial charge in [-0.1, -0.05) is 37.3 Å². The zero-order chi connectivity index (χ0) is 15.1. The lowest BCUT2D eigenvalue weighted by Gasteiger charge is -2.13. The van der Waals surface area contributed by atoms with Gasteiger partial charge in [-0.05, 0) is 35.7 Å². The van der Waals surface area contributed by atoms with E-state index in [9.17, 15) is 9.18 Å². The number of nitrogens with one attached hydrogen (secondary N) is 1. The second kappa shape index (κ2) is 7.43. The molecule has 1 atom stereocenters. The molecule has 0 heterocycles. The van der Waals surface area contributed by atoms with Crippen LogP contribution in [-0.4, -0.2) is 19.1 Å². The summed E-state index contributed by atoms with van der Waals surface area (Å²) in [5, 5.41) is 2.82. The van der Waals surface area contributed by atoms with Crippen molar-refractivity contribution in [3.63, 3.8) is 0 Å². The van der Waals surface area contributed by atoms with Crippen LogP contribution in [0.15, 0.2) is 54.6 Å². The van der Waals surface area contributed by atoms with Crippen LogP contribution < -0.4 is 10.1 Å². The number of hydrogen-bond acceptors (Lipinski definition) is 2. The fraction of sp³-hybridized carbons (Fsp3) is 0.235. The van der Waals surface area contributed by atoms with Crippen molar-refractivity contribution in [1.29, 1.82) is 0 Å². The summed E-state index contributed by atoms with van der Waals surface area (Å²) in [4.78, 5) is 11.7. The van der Waals surface area contributed by atoms with Crippen LogP contribution in [0.5, 0.6) is 5.75 Å². The van der Waals surface area contributed by atoms with Crippen molar-refractivity contribution in [2.24, 2.45) is 0 Å². The van der Waals surface area contributed by atoms with Crippen molar-refractivity contribution in [2.45, 2.75) is 12.8 Å². The Labute approximate surface area is 123 Å². The average Bonchev–Trinajstić information content (AvgIpc) is 2.53. The standard InChI is InChI=1S/C17H18FNO2/c1-13(14-5-3-2-4-6-14)11-19-17(20)12-21-16-9-7-15(18)8-10-16/h2-10,13H,11-12H2,1H3,(H,19,20). The third-order valence-corrected chi connectivity index (χ3v) is 3.16. The predicted octanol–water partition coefficient (Wildman–Crippen LogP) is 3.12. The van der Waals surface area contributed by atoms with E-state index in [4.69, 9.17) is 4.74 Å². The molecular formula is C17H18FNO2. The molecule has 4 heteroatoms. The number of carbonyl (C=O) groups is 1. The molecule has 1 unspecified atom stereocenters. The molecule has 0 aliphatic carbocycles. The first kappa shape index (κ1) is 15.0. The highest BCUT2D eigenvalue weighted by molar-refractivity contribution is 5.77. The number of amides is 1. The quantitative estimate of drug-likeness (QED) is 0.886. The van der Waals surface area contributed by atoms with Gasteiger partial charge in [0.2, 0.25) is 0 Å². The Morgan fingerprint density at radius 1 is 1.14 bits per heavy atom. The summed E-state index contributed by atoms with van der Waals surface area (Å²) < 4.78 is 18.0. The second-order valence-electron chi connectivity index (χ2n) is 4.86. The molecule has 3 nitrogen and oxygen atoms in total. The molecule has 2 aromatic rings. The van der Waals surface area contributed by atoms with E-state index in [1.807, 2.05) is 30.3 Å². The van der Waals surface area contributed by atoms with E-state index in [1.165, 1.54) is 29.8 Å². The average molecular weight is 287 g/mol. The van der Waals surface area contributed by atoms with E-state index in [0.29, 0.717) is 12.3 Å². The summed E-state index contributed by atoms with van der Waals surface area (Å²) in [6.45, 7) is 2.53. The summed E-state index contributed by atoms with van der Waals surface area (Å²) in [6, 6.07) is 15.6. The number of rotatable bonds is 6. The lowest BCUT2D eigenvalue weighted by Crippen LogP contribution is -2.31. The Balaban J connectivity index is 1.73. The molecule has 0 spiro atoms. The normalized spacial score (nSPS) is 11.7. The van der Waals surface area contributed by atoms with Gasteiger partial charge >= 0.3 is 0 Å². The number of ether oxygens (including phenoxy) is 1. The van der Waals surface area contributed by atoms with E-state index >= 15 is 0 Å². The van der Waals surface area contributed by atoms with E-state index in [1.54, 1.807) is 0 Å². The van der Waals surface area contributed by atoms with E-state index < -0.39 is 0 Å². The molecule has 2 aromatic carbocycles. The molecule has 110 valence electrons. The molecule has 21 heavy (non-hydrogen) atoms. The summed E-state index contributed by atoms with van der Waals surface area (Å²) >= 11 is 0. The Morgan fingerprint density at radius 3 is 2.48 bits per heavy atom. The molecule has 1 N–H and O–H groups in total. The van der Waals surface area contributed by atoms with Gasteiger partial charge in [0.25, 0.3) is 5.91 Å². The topological polar surface area (TPSA) is 38.3 Å². The molecule has 0 aliphatic rings. The fourth-order valence-electron chi connectivity index (χ4n) is 1.90. The third kappa shape index (κ3) is 4.91. The summed E-state index contributed by atoms with van der Waals surface area (Å²) in [5.41, 5.74) is 1.18. The monoisotopic (exact) mass is 287 g/mol. The van der Waals surface area contributed by atoms with Gasteiger partial charge in [0, 0.05) is 6.54 Å². The summed E-state index contributed by atoms with van der Waals surface area (Å²) in [5.74, 6) is 0.189. The Bertz CT molecular complexity index is 569. The van der Waals surface area contributed by atoms with E-state index in [-0.39, 0.29) is 24.2 Å².